The van der Waals surface area contributed by atoms with Crippen molar-refractivity contribution in [2.45, 2.75) is 32.1 Å². The molecule has 1 aliphatic heterocycles. The average molecular weight is 365 g/mol. The molecule has 0 bridgehead atoms. The summed E-state index contributed by atoms with van der Waals surface area (Å²) in [7, 11) is 0. The third-order valence-electron chi connectivity index (χ3n) is 4.74. The van der Waals surface area contributed by atoms with Gasteiger partial charge in [-0.25, -0.2) is 0 Å². The van der Waals surface area contributed by atoms with Gasteiger partial charge < -0.3 is 10.2 Å². The third-order valence-corrected chi connectivity index (χ3v) is 5.27. The molecular weight excluding hydrogens is 344 g/mol. The molecular formula is C17H21BrN2O2. The highest BCUT2D eigenvalue weighted by atomic mass is 79.9. The van der Waals surface area contributed by atoms with Gasteiger partial charge in [0.05, 0.1) is 0 Å². The number of piperidine rings is 1. The fraction of sp³-hybridized carbons (Fsp3) is 0.529. The molecule has 2 fully saturated rings. The van der Waals surface area contributed by atoms with E-state index in [1.54, 1.807) is 0 Å². The van der Waals surface area contributed by atoms with E-state index in [1.165, 1.54) is 6.42 Å². The van der Waals surface area contributed by atoms with Crippen LogP contribution in [0.25, 0.3) is 0 Å². The summed E-state index contributed by atoms with van der Waals surface area (Å²) < 4.78 is 0.994. The minimum Gasteiger partial charge on any atom is -0.342 e. The molecule has 1 saturated heterocycles. The number of likely N-dealkylation sites (tertiary alicyclic amines) is 1. The van der Waals surface area contributed by atoms with Crippen molar-refractivity contribution in [1.29, 1.82) is 0 Å². The highest BCUT2D eigenvalue weighted by molar-refractivity contribution is 9.10. The molecule has 0 aromatic heterocycles. The van der Waals surface area contributed by atoms with Crippen LogP contribution in [0.4, 0.5) is 5.69 Å². The Hall–Kier alpha value is -1.36. The highest BCUT2D eigenvalue weighted by Gasteiger charge is 2.33. The van der Waals surface area contributed by atoms with Crippen molar-refractivity contribution in [1.82, 2.24) is 4.90 Å². The Morgan fingerprint density at radius 3 is 2.18 bits per heavy atom. The minimum atomic E-state index is 0.00841. The molecule has 1 saturated carbocycles. The van der Waals surface area contributed by atoms with Gasteiger partial charge in [0.15, 0.2) is 0 Å². The van der Waals surface area contributed by atoms with Crippen LogP contribution in [-0.4, -0.2) is 29.8 Å². The summed E-state index contributed by atoms with van der Waals surface area (Å²) in [6.45, 7) is 1.43. The molecule has 5 heteroatoms. The zero-order valence-corrected chi connectivity index (χ0v) is 14.1. The van der Waals surface area contributed by atoms with Gasteiger partial charge in [-0.1, -0.05) is 22.4 Å². The fourth-order valence-electron chi connectivity index (χ4n) is 3.05. The van der Waals surface area contributed by atoms with Gasteiger partial charge in [0, 0.05) is 35.1 Å². The first-order valence-corrected chi connectivity index (χ1v) is 8.78. The van der Waals surface area contributed by atoms with Crippen LogP contribution in [0.1, 0.15) is 32.1 Å². The van der Waals surface area contributed by atoms with Crippen LogP contribution in [0.2, 0.25) is 0 Å². The Morgan fingerprint density at radius 2 is 1.64 bits per heavy atom. The summed E-state index contributed by atoms with van der Waals surface area (Å²) >= 11 is 3.38. The predicted molar refractivity (Wildman–Crippen MR) is 89.4 cm³/mol. The Kier molecular flexibility index (Phi) is 4.81. The number of halogens is 1. The van der Waals surface area contributed by atoms with E-state index in [9.17, 15) is 9.59 Å². The standard InChI is InChI=1S/C17H21BrN2O2/c18-14-4-6-15(7-5-14)19-16(21)12-8-10-20(11-9-12)17(22)13-2-1-3-13/h4-7,12-13H,1-3,8-11H2,(H,19,21). The lowest BCUT2D eigenvalue weighted by Gasteiger charge is -2.36. The normalized spacial score (nSPS) is 19.6. The minimum absolute atomic E-state index is 0.00841. The second-order valence-electron chi connectivity index (χ2n) is 6.22. The van der Waals surface area contributed by atoms with Crippen LogP contribution in [-0.2, 0) is 9.59 Å². The van der Waals surface area contributed by atoms with Crippen LogP contribution in [0.5, 0.6) is 0 Å². The number of rotatable bonds is 3. The SMILES string of the molecule is O=C(Nc1ccc(Br)cc1)C1CCN(C(=O)C2CCC2)CC1. The monoisotopic (exact) mass is 364 g/mol. The van der Waals surface area contributed by atoms with E-state index < -0.39 is 0 Å². The van der Waals surface area contributed by atoms with Gasteiger partial charge in [0.1, 0.15) is 0 Å². The number of amides is 2. The quantitative estimate of drug-likeness (QED) is 0.892. The van der Waals surface area contributed by atoms with E-state index in [0.717, 1.165) is 35.8 Å². The molecule has 1 aromatic carbocycles. The Labute approximate surface area is 139 Å². The second-order valence-corrected chi connectivity index (χ2v) is 7.14. The molecule has 3 rings (SSSR count). The smallest absolute Gasteiger partial charge is 0.227 e. The number of nitrogens with one attached hydrogen (secondary N) is 1. The van der Waals surface area contributed by atoms with Crippen LogP contribution in [0, 0.1) is 11.8 Å². The van der Waals surface area contributed by atoms with E-state index >= 15 is 0 Å². The van der Waals surface area contributed by atoms with Gasteiger partial charge in [0.2, 0.25) is 11.8 Å². The van der Waals surface area contributed by atoms with Crippen LogP contribution in [0.15, 0.2) is 28.7 Å². The first-order chi connectivity index (χ1) is 10.6. The van der Waals surface area contributed by atoms with Crippen LogP contribution < -0.4 is 5.32 Å². The van der Waals surface area contributed by atoms with E-state index in [4.69, 9.17) is 0 Å². The molecule has 4 nitrogen and oxygen atoms in total. The summed E-state index contributed by atoms with van der Waals surface area (Å²) in [5.74, 6) is 0.637. The van der Waals surface area contributed by atoms with E-state index in [-0.39, 0.29) is 17.7 Å². The Morgan fingerprint density at radius 1 is 1.00 bits per heavy atom. The molecule has 0 radical (unpaired) electrons. The Balaban J connectivity index is 1.49. The number of hydrogen-bond acceptors (Lipinski definition) is 2. The summed E-state index contributed by atoms with van der Waals surface area (Å²) in [5, 5.41) is 2.96. The first-order valence-electron chi connectivity index (χ1n) is 7.99. The largest absolute Gasteiger partial charge is 0.342 e. The Bertz CT molecular complexity index is 546. The van der Waals surface area contributed by atoms with Gasteiger partial charge in [-0.3, -0.25) is 9.59 Å². The maximum Gasteiger partial charge on any atom is 0.227 e. The van der Waals surface area contributed by atoms with Gasteiger partial charge >= 0.3 is 0 Å². The van der Waals surface area contributed by atoms with E-state index in [0.29, 0.717) is 19.0 Å². The molecule has 0 unspecified atom stereocenters. The van der Waals surface area contributed by atoms with Crippen molar-refractivity contribution in [3.8, 4) is 0 Å². The second kappa shape index (κ2) is 6.82. The zero-order valence-electron chi connectivity index (χ0n) is 12.6. The van der Waals surface area contributed by atoms with Crippen molar-refractivity contribution < 1.29 is 9.59 Å². The third kappa shape index (κ3) is 3.51. The average Bonchev–Trinajstić information content (AvgIpc) is 2.48. The molecule has 1 heterocycles. The predicted octanol–water partition coefficient (Wildman–Crippen LogP) is 3.43. The maximum absolute atomic E-state index is 12.3. The van der Waals surface area contributed by atoms with Gasteiger partial charge in [-0.15, -0.1) is 0 Å². The number of hydrogen-bond donors (Lipinski definition) is 1. The zero-order chi connectivity index (χ0) is 15.5. The lowest BCUT2D eigenvalue weighted by Crippen LogP contribution is -2.45. The molecule has 1 aliphatic carbocycles. The number of carbonyl (C=O) groups excluding carboxylic acids is 2. The first kappa shape index (κ1) is 15.5. The fourth-order valence-corrected chi connectivity index (χ4v) is 3.32. The lowest BCUT2D eigenvalue weighted by atomic mass is 9.83. The van der Waals surface area contributed by atoms with Gasteiger partial charge in [-0.05, 0) is 49.9 Å². The van der Waals surface area contributed by atoms with Crippen LogP contribution in [0.3, 0.4) is 0 Å². The molecule has 0 spiro atoms. The molecule has 2 aliphatic rings. The van der Waals surface area contributed by atoms with Crippen molar-refractivity contribution in [3.63, 3.8) is 0 Å². The van der Waals surface area contributed by atoms with Gasteiger partial charge in [0.25, 0.3) is 0 Å². The number of benzene rings is 1. The maximum atomic E-state index is 12.3. The highest BCUT2D eigenvalue weighted by Crippen LogP contribution is 2.30. The van der Waals surface area contributed by atoms with Crippen molar-refractivity contribution in [2.75, 3.05) is 18.4 Å². The molecule has 0 atom stereocenters. The summed E-state index contributed by atoms with van der Waals surface area (Å²) in [6, 6.07) is 7.60. The molecule has 1 N–H and O–H groups in total. The van der Waals surface area contributed by atoms with Crippen molar-refractivity contribution in [3.05, 3.63) is 28.7 Å². The summed E-state index contributed by atoms with van der Waals surface area (Å²) in [5.41, 5.74) is 0.821. The summed E-state index contributed by atoms with van der Waals surface area (Å²) in [4.78, 5) is 26.5. The molecule has 118 valence electrons. The van der Waals surface area contributed by atoms with E-state index in [2.05, 4.69) is 21.2 Å². The number of carbonyl (C=O) groups is 2. The van der Waals surface area contributed by atoms with Crippen molar-refractivity contribution in [2.24, 2.45) is 11.8 Å². The van der Waals surface area contributed by atoms with E-state index in [1.807, 2.05) is 29.2 Å². The molecule has 22 heavy (non-hydrogen) atoms. The van der Waals surface area contributed by atoms with Gasteiger partial charge in [-0.2, -0.15) is 0 Å². The molecule has 1 aromatic rings. The van der Waals surface area contributed by atoms with Crippen LogP contribution >= 0.6 is 15.9 Å². The lowest BCUT2D eigenvalue weighted by molar-refractivity contribution is -0.140. The summed E-state index contributed by atoms with van der Waals surface area (Å²) in [6.07, 6.45) is 4.80. The van der Waals surface area contributed by atoms with Crippen molar-refractivity contribution >= 4 is 33.4 Å². The number of nitrogens with zero attached hydrogens (tertiary/aromatic N) is 1. The molecule has 2 amide bonds. The number of anilines is 1. The topological polar surface area (TPSA) is 49.4 Å².